The number of hydrogen-bond acceptors (Lipinski definition) is 4. The SMILES string of the molecule is C=C[C@H]1CC(C(=O)OCC)(C(=O)OCC)Cc2c1[nH]c1c(C)cccc21. The molecule has 0 bridgehead atoms. The molecule has 0 spiro atoms. The molecule has 26 heavy (non-hydrogen) atoms. The van der Waals surface area contributed by atoms with Crippen molar-refractivity contribution < 1.29 is 19.1 Å². The van der Waals surface area contributed by atoms with Crippen LogP contribution in [0.3, 0.4) is 0 Å². The Labute approximate surface area is 153 Å². The van der Waals surface area contributed by atoms with E-state index in [1.165, 1.54) is 0 Å². The number of aryl methyl sites for hydroxylation is 1. The van der Waals surface area contributed by atoms with Crippen LogP contribution >= 0.6 is 0 Å². The van der Waals surface area contributed by atoms with Gasteiger partial charge in [0, 0.05) is 28.9 Å². The lowest BCUT2D eigenvalue weighted by Gasteiger charge is -2.35. The first kappa shape index (κ1) is 18.2. The van der Waals surface area contributed by atoms with Crippen LogP contribution < -0.4 is 0 Å². The van der Waals surface area contributed by atoms with E-state index in [1.807, 2.05) is 25.1 Å². The summed E-state index contributed by atoms with van der Waals surface area (Å²) in [6, 6.07) is 6.04. The fraction of sp³-hybridized carbons (Fsp3) is 0.429. The number of nitrogens with one attached hydrogen (secondary N) is 1. The van der Waals surface area contributed by atoms with Crippen LogP contribution in [0.1, 0.15) is 43.0 Å². The summed E-state index contributed by atoms with van der Waals surface area (Å²) in [4.78, 5) is 29.2. The zero-order valence-electron chi connectivity index (χ0n) is 15.6. The van der Waals surface area contributed by atoms with Gasteiger partial charge in [-0.05, 0) is 38.3 Å². The summed E-state index contributed by atoms with van der Waals surface area (Å²) in [7, 11) is 0. The highest BCUT2D eigenvalue weighted by molar-refractivity contribution is 6.02. The van der Waals surface area contributed by atoms with Gasteiger partial charge in [0.1, 0.15) is 0 Å². The fourth-order valence-electron chi connectivity index (χ4n) is 3.93. The Morgan fingerprint density at radius 3 is 2.50 bits per heavy atom. The highest BCUT2D eigenvalue weighted by Crippen LogP contribution is 2.47. The van der Waals surface area contributed by atoms with Gasteiger partial charge in [-0.3, -0.25) is 9.59 Å². The van der Waals surface area contributed by atoms with Crippen molar-refractivity contribution in [2.75, 3.05) is 13.2 Å². The molecule has 1 aliphatic carbocycles. The monoisotopic (exact) mass is 355 g/mol. The van der Waals surface area contributed by atoms with E-state index in [9.17, 15) is 9.59 Å². The molecule has 1 aromatic carbocycles. The predicted octanol–water partition coefficient (Wildman–Crippen LogP) is 3.80. The van der Waals surface area contributed by atoms with Crippen molar-refractivity contribution in [1.29, 1.82) is 0 Å². The lowest BCUT2D eigenvalue weighted by Crippen LogP contribution is -2.47. The van der Waals surface area contributed by atoms with Crippen LogP contribution in [0, 0.1) is 12.3 Å². The van der Waals surface area contributed by atoms with E-state index in [-0.39, 0.29) is 25.6 Å². The van der Waals surface area contributed by atoms with Crippen LogP contribution in [-0.2, 0) is 25.5 Å². The van der Waals surface area contributed by atoms with Crippen LogP contribution in [0.5, 0.6) is 0 Å². The van der Waals surface area contributed by atoms with Gasteiger partial charge in [-0.1, -0.05) is 24.3 Å². The number of carbonyl (C=O) groups is 2. The van der Waals surface area contributed by atoms with E-state index in [0.29, 0.717) is 6.42 Å². The van der Waals surface area contributed by atoms with Crippen molar-refractivity contribution in [3.05, 3.63) is 47.7 Å². The Balaban J connectivity index is 2.20. The van der Waals surface area contributed by atoms with Crippen molar-refractivity contribution in [1.82, 2.24) is 4.98 Å². The maximum atomic E-state index is 12.9. The number of benzene rings is 1. The third kappa shape index (κ3) is 2.71. The number of rotatable bonds is 5. The second-order valence-electron chi connectivity index (χ2n) is 6.76. The molecule has 1 heterocycles. The Morgan fingerprint density at radius 2 is 1.92 bits per heavy atom. The van der Waals surface area contributed by atoms with Gasteiger partial charge in [0.05, 0.1) is 13.2 Å². The molecule has 0 amide bonds. The number of fused-ring (bicyclic) bond motifs is 3. The van der Waals surface area contributed by atoms with Gasteiger partial charge >= 0.3 is 11.9 Å². The highest BCUT2D eigenvalue weighted by atomic mass is 16.6. The van der Waals surface area contributed by atoms with Crippen LogP contribution in [0.2, 0.25) is 0 Å². The molecule has 0 fully saturated rings. The average molecular weight is 355 g/mol. The number of hydrogen-bond donors (Lipinski definition) is 1. The zero-order valence-corrected chi connectivity index (χ0v) is 15.6. The first-order chi connectivity index (χ1) is 12.5. The Kier molecular flexibility index (Phi) is 4.90. The summed E-state index contributed by atoms with van der Waals surface area (Å²) < 4.78 is 10.6. The molecule has 5 nitrogen and oxygen atoms in total. The molecule has 2 aromatic rings. The lowest BCUT2D eigenvalue weighted by molar-refractivity contribution is -0.173. The molecule has 0 saturated carbocycles. The quantitative estimate of drug-likeness (QED) is 0.503. The first-order valence-corrected chi connectivity index (χ1v) is 9.05. The first-order valence-electron chi connectivity index (χ1n) is 9.05. The van der Waals surface area contributed by atoms with E-state index in [1.54, 1.807) is 19.9 Å². The fourth-order valence-corrected chi connectivity index (χ4v) is 3.93. The van der Waals surface area contributed by atoms with Crippen molar-refractivity contribution >= 4 is 22.8 Å². The summed E-state index contributed by atoms with van der Waals surface area (Å²) >= 11 is 0. The second kappa shape index (κ2) is 6.98. The molecule has 138 valence electrons. The molecule has 0 unspecified atom stereocenters. The van der Waals surface area contributed by atoms with Gasteiger partial charge in [0.15, 0.2) is 5.41 Å². The minimum absolute atomic E-state index is 0.153. The van der Waals surface area contributed by atoms with Gasteiger partial charge in [0.2, 0.25) is 0 Å². The number of allylic oxidation sites excluding steroid dienone is 1. The number of ether oxygens (including phenoxy) is 2. The molecule has 1 N–H and O–H groups in total. The topological polar surface area (TPSA) is 68.4 Å². The molecular weight excluding hydrogens is 330 g/mol. The van der Waals surface area contributed by atoms with Crippen molar-refractivity contribution in [2.45, 2.75) is 39.5 Å². The predicted molar refractivity (Wildman–Crippen MR) is 100.0 cm³/mol. The van der Waals surface area contributed by atoms with Crippen molar-refractivity contribution in [3.8, 4) is 0 Å². The smallest absolute Gasteiger partial charge is 0.323 e. The van der Waals surface area contributed by atoms with E-state index in [0.717, 1.165) is 27.7 Å². The van der Waals surface area contributed by atoms with Crippen LogP contribution in [0.4, 0.5) is 0 Å². The summed E-state index contributed by atoms with van der Waals surface area (Å²) in [6.07, 6.45) is 2.36. The van der Waals surface area contributed by atoms with Crippen molar-refractivity contribution in [2.24, 2.45) is 5.41 Å². The minimum atomic E-state index is -1.34. The molecule has 0 radical (unpaired) electrons. The number of aromatic amines is 1. The number of aromatic nitrogens is 1. The zero-order chi connectivity index (χ0) is 18.9. The standard InChI is InChI=1S/C21H25NO4/c1-5-14-11-21(19(23)25-6-2,20(24)26-7-3)12-16-15-10-8-9-13(4)17(15)22-18(14)16/h5,8-10,14,22H,1,6-7,11-12H2,2-4H3/t14-/m0/s1. The van der Waals surface area contributed by atoms with Crippen LogP contribution in [-0.4, -0.2) is 30.1 Å². The molecule has 1 aromatic heterocycles. The van der Waals surface area contributed by atoms with E-state index in [4.69, 9.17) is 9.47 Å². The molecule has 1 aliphatic rings. The number of para-hydroxylation sites is 1. The van der Waals surface area contributed by atoms with Gasteiger partial charge < -0.3 is 14.5 Å². The molecule has 0 saturated heterocycles. The minimum Gasteiger partial charge on any atom is -0.465 e. The molecular formula is C21H25NO4. The van der Waals surface area contributed by atoms with Gasteiger partial charge in [-0.2, -0.15) is 0 Å². The van der Waals surface area contributed by atoms with Gasteiger partial charge in [-0.25, -0.2) is 0 Å². The summed E-state index contributed by atoms with van der Waals surface area (Å²) in [5, 5.41) is 1.03. The summed E-state index contributed by atoms with van der Waals surface area (Å²) in [5.41, 5.74) is 2.82. The molecule has 5 heteroatoms. The van der Waals surface area contributed by atoms with E-state index >= 15 is 0 Å². The van der Waals surface area contributed by atoms with Gasteiger partial charge in [0.25, 0.3) is 0 Å². The average Bonchev–Trinajstić information content (AvgIpc) is 3.01. The third-order valence-corrected chi connectivity index (χ3v) is 5.22. The molecule has 0 aliphatic heterocycles. The second-order valence-corrected chi connectivity index (χ2v) is 6.76. The molecule has 3 rings (SSSR count). The lowest BCUT2D eigenvalue weighted by atomic mass is 9.68. The van der Waals surface area contributed by atoms with Crippen molar-refractivity contribution in [3.63, 3.8) is 0 Å². The largest absolute Gasteiger partial charge is 0.465 e. The highest BCUT2D eigenvalue weighted by Gasteiger charge is 2.53. The van der Waals surface area contributed by atoms with E-state index in [2.05, 4.69) is 11.6 Å². The normalized spacial score (nSPS) is 18.2. The number of esters is 2. The van der Waals surface area contributed by atoms with Crippen LogP contribution in [0.15, 0.2) is 30.9 Å². The Bertz CT molecular complexity index is 846. The Morgan fingerprint density at radius 1 is 1.27 bits per heavy atom. The number of carbonyl (C=O) groups excluding carboxylic acids is 2. The Hall–Kier alpha value is -2.56. The van der Waals surface area contributed by atoms with E-state index < -0.39 is 17.4 Å². The molecule has 1 atom stereocenters. The maximum Gasteiger partial charge on any atom is 0.323 e. The summed E-state index contributed by atoms with van der Waals surface area (Å²) in [5.74, 6) is -1.18. The van der Waals surface area contributed by atoms with Gasteiger partial charge in [-0.15, -0.1) is 6.58 Å². The third-order valence-electron chi connectivity index (χ3n) is 5.22. The number of H-pyrrole nitrogens is 1. The van der Waals surface area contributed by atoms with Crippen LogP contribution in [0.25, 0.3) is 10.9 Å². The summed E-state index contributed by atoms with van der Waals surface area (Å²) in [6.45, 7) is 9.89. The maximum absolute atomic E-state index is 12.9.